The number of carbonyl (C=O) groups is 2. The first-order valence-electron chi connectivity index (χ1n) is 9.87. The van der Waals surface area contributed by atoms with Crippen LogP contribution >= 0.6 is 0 Å². The van der Waals surface area contributed by atoms with Gasteiger partial charge in [-0.05, 0) is 72.1 Å². The molecule has 0 spiro atoms. The van der Waals surface area contributed by atoms with Gasteiger partial charge in [-0.3, -0.25) is 9.59 Å². The normalized spacial score (nSPS) is 18.9. The van der Waals surface area contributed by atoms with Crippen molar-refractivity contribution in [1.29, 1.82) is 0 Å². The molecule has 0 unspecified atom stereocenters. The maximum atomic E-state index is 12.0. The van der Waals surface area contributed by atoms with Crippen LogP contribution in [0.15, 0.2) is 36.4 Å². The summed E-state index contributed by atoms with van der Waals surface area (Å²) in [5, 5.41) is 0. The lowest BCUT2D eigenvalue weighted by molar-refractivity contribution is -0.146. The van der Waals surface area contributed by atoms with E-state index in [9.17, 15) is 9.59 Å². The third kappa shape index (κ3) is 4.43. The Balaban J connectivity index is 1.95. The van der Waals surface area contributed by atoms with Crippen LogP contribution in [-0.2, 0) is 16.1 Å². The highest BCUT2D eigenvalue weighted by atomic mass is 16.5. The summed E-state index contributed by atoms with van der Waals surface area (Å²) >= 11 is 0. The number of hydrogen-bond acceptors (Lipinski definition) is 5. The number of hydrogen-bond donors (Lipinski definition) is 2. The Kier molecular flexibility index (Phi) is 6.54. The number of rotatable bonds is 6. The first-order valence-corrected chi connectivity index (χ1v) is 9.87. The fourth-order valence-electron chi connectivity index (χ4n) is 4.20. The molecule has 1 fully saturated rings. The molecule has 2 aromatic rings. The number of amides is 1. The molecule has 0 radical (unpaired) electrons. The summed E-state index contributed by atoms with van der Waals surface area (Å²) < 4.78 is 10.5. The maximum Gasteiger partial charge on any atom is 0.308 e. The van der Waals surface area contributed by atoms with Crippen molar-refractivity contribution >= 4 is 11.9 Å². The molecule has 1 saturated carbocycles. The minimum Gasteiger partial charge on any atom is -0.496 e. The van der Waals surface area contributed by atoms with E-state index in [0.717, 1.165) is 53.7 Å². The van der Waals surface area contributed by atoms with Crippen molar-refractivity contribution < 1.29 is 19.1 Å². The highest BCUT2D eigenvalue weighted by molar-refractivity contribution is 6.00. The molecule has 6 heteroatoms. The van der Waals surface area contributed by atoms with E-state index < -0.39 is 5.91 Å². The van der Waals surface area contributed by atoms with Gasteiger partial charge in [0.2, 0.25) is 5.91 Å². The molecule has 29 heavy (non-hydrogen) atoms. The molecule has 4 N–H and O–H groups in total. The van der Waals surface area contributed by atoms with E-state index in [1.165, 1.54) is 7.11 Å². The lowest BCUT2D eigenvalue weighted by atomic mass is 9.78. The molecule has 154 valence electrons. The number of carbonyl (C=O) groups excluding carboxylic acids is 2. The lowest BCUT2D eigenvalue weighted by Crippen LogP contribution is -2.22. The fraction of sp³-hybridized carbons (Fsp3) is 0.391. The summed E-state index contributed by atoms with van der Waals surface area (Å²) in [6.45, 7) is 0.345. The third-order valence-corrected chi connectivity index (χ3v) is 5.83. The van der Waals surface area contributed by atoms with E-state index in [-0.39, 0.29) is 17.8 Å². The van der Waals surface area contributed by atoms with Crippen molar-refractivity contribution in [2.24, 2.45) is 17.4 Å². The molecule has 1 amide bonds. The van der Waals surface area contributed by atoms with Gasteiger partial charge in [-0.2, -0.15) is 0 Å². The summed E-state index contributed by atoms with van der Waals surface area (Å²) in [5.74, 6) is 0.456. The Morgan fingerprint density at radius 2 is 1.76 bits per heavy atom. The average molecular weight is 396 g/mol. The third-order valence-electron chi connectivity index (χ3n) is 5.83. The van der Waals surface area contributed by atoms with Gasteiger partial charge in [-0.1, -0.05) is 18.2 Å². The van der Waals surface area contributed by atoms with E-state index >= 15 is 0 Å². The van der Waals surface area contributed by atoms with Crippen LogP contribution in [0.25, 0.3) is 11.1 Å². The van der Waals surface area contributed by atoms with Crippen molar-refractivity contribution in [1.82, 2.24) is 0 Å². The smallest absolute Gasteiger partial charge is 0.308 e. The van der Waals surface area contributed by atoms with Gasteiger partial charge in [-0.15, -0.1) is 0 Å². The molecule has 0 aliphatic heterocycles. The van der Waals surface area contributed by atoms with Crippen LogP contribution in [0.5, 0.6) is 5.75 Å². The van der Waals surface area contributed by atoms with E-state index in [2.05, 4.69) is 6.07 Å². The van der Waals surface area contributed by atoms with Crippen molar-refractivity contribution in [3.63, 3.8) is 0 Å². The maximum absolute atomic E-state index is 12.0. The Bertz CT molecular complexity index is 902. The van der Waals surface area contributed by atoms with E-state index in [1.807, 2.05) is 24.3 Å². The molecule has 3 rings (SSSR count). The number of benzene rings is 2. The molecule has 2 aromatic carbocycles. The van der Waals surface area contributed by atoms with Gasteiger partial charge < -0.3 is 20.9 Å². The van der Waals surface area contributed by atoms with Gasteiger partial charge in [0.25, 0.3) is 0 Å². The molecule has 0 aromatic heterocycles. The SMILES string of the molecule is COC(=O)C1CCC(c2cc(-c3ccc(CN)cc3C(N)=O)ccc2OC)CC1. The van der Waals surface area contributed by atoms with Crippen LogP contribution in [0.4, 0.5) is 0 Å². The Morgan fingerprint density at radius 1 is 1.03 bits per heavy atom. The number of ether oxygens (including phenoxy) is 2. The fourth-order valence-corrected chi connectivity index (χ4v) is 4.20. The Hall–Kier alpha value is -2.86. The van der Waals surface area contributed by atoms with Gasteiger partial charge in [-0.25, -0.2) is 0 Å². The molecule has 0 heterocycles. The zero-order valence-electron chi connectivity index (χ0n) is 16.9. The molecular formula is C23H28N2O4. The lowest BCUT2D eigenvalue weighted by Gasteiger charge is -2.28. The predicted molar refractivity (Wildman–Crippen MR) is 112 cm³/mol. The van der Waals surface area contributed by atoms with Crippen LogP contribution in [0.2, 0.25) is 0 Å². The topological polar surface area (TPSA) is 105 Å². The average Bonchev–Trinajstić information content (AvgIpc) is 2.77. The first-order chi connectivity index (χ1) is 14.0. The van der Waals surface area contributed by atoms with Crippen LogP contribution in [0, 0.1) is 5.92 Å². The second kappa shape index (κ2) is 9.09. The van der Waals surface area contributed by atoms with Gasteiger partial charge in [0.05, 0.1) is 20.1 Å². The zero-order chi connectivity index (χ0) is 21.0. The van der Waals surface area contributed by atoms with Crippen molar-refractivity contribution in [2.75, 3.05) is 14.2 Å². The highest BCUT2D eigenvalue weighted by Crippen LogP contribution is 2.41. The van der Waals surface area contributed by atoms with Crippen LogP contribution in [-0.4, -0.2) is 26.1 Å². The molecule has 0 bridgehead atoms. The summed E-state index contributed by atoms with van der Waals surface area (Å²) in [4.78, 5) is 23.8. The summed E-state index contributed by atoms with van der Waals surface area (Å²) in [7, 11) is 3.09. The Morgan fingerprint density at radius 3 is 2.34 bits per heavy atom. The summed E-state index contributed by atoms with van der Waals surface area (Å²) in [6.07, 6.45) is 3.35. The molecular weight excluding hydrogens is 368 g/mol. The second-order valence-corrected chi connectivity index (χ2v) is 7.48. The quantitative estimate of drug-likeness (QED) is 0.729. The van der Waals surface area contributed by atoms with Gasteiger partial charge in [0, 0.05) is 12.1 Å². The number of nitrogens with two attached hydrogens (primary N) is 2. The van der Waals surface area contributed by atoms with Gasteiger partial charge in [0.15, 0.2) is 0 Å². The van der Waals surface area contributed by atoms with Crippen molar-refractivity contribution in [2.45, 2.75) is 38.1 Å². The standard InChI is InChI=1S/C23H28N2O4/c1-28-21-10-8-17(18-9-3-14(13-24)11-20(18)22(25)26)12-19(21)15-4-6-16(7-5-15)23(27)29-2/h3,8-12,15-16H,4-7,13,24H2,1-2H3,(H2,25,26). The monoisotopic (exact) mass is 396 g/mol. The molecule has 0 atom stereocenters. The van der Waals surface area contributed by atoms with Crippen LogP contribution in [0.1, 0.15) is 53.1 Å². The minimum atomic E-state index is -0.480. The largest absolute Gasteiger partial charge is 0.496 e. The number of primary amides is 1. The van der Waals surface area contributed by atoms with Gasteiger partial charge >= 0.3 is 5.97 Å². The second-order valence-electron chi connectivity index (χ2n) is 7.48. The molecule has 1 aliphatic rings. The zero-order valence-corrected chi connectivity index (χ0v) is 16.9. The molecule has 1 aliphatic carbocycles. The van der Waals surface area contributed by atoms with Crippen molar-refractivity contribution in [3.05, 3.63) is 53.1 Å². The van der Waals surface area contributed by atoms with E-state index in [1.54, 1.807) is 13.2 Å². The van der Waals surface area contributed by atoms with Crippen LogP contribution < -0.4 is 16.2 Å². The van der Waals surface area contributed by atoms with E-state index in [0.29, 0.717) is 12.1 Å². The van der Waals surface area contributed by atoms with Crippen LogP contribution in [0.3, 0.4) is 0 Å². The highest BCUT2D eigenvalue weighted by Gasteiger charge is 2.29. The number of esters is 1. The molecule has 6 nitrogen and oxygen atoms in total. The first kappa shape index (κ1) is 20.9. The number of methoxy groups -OCH3 is 2. The summed E-state index contributed by atoms with van der Waals surface area (Å²) in [6, 6.07) is 11.5. The van der Waals surface area contributed by atoms with Gasteiger partial charge in [0.1, 0.15) is 5.75 Å². The Labute approximate surface area is 171 Å². The summed E-state index contributed by atoms with van der Waals surface area (Å²) in [5.41, 5.74) is 15.4. The van der Waals surface area contributed by atoms with Crippen molar-refractivity contribution in [3.8, 4) is 16.9 Å². The minimum absolute atomic E-state index is 0.0318. The molecule has 0 saturated heterocycles. The predicted octanol–water partition coefficient (Wildman–Crippen LogP) is 3.37. The van der Waals surface area contributed by atoms with E-state index in [4.69, 9.17) is 20.9 Å².